The van der Waals surface area contributed by atoms with E-state index in [0.717, 1.165) is 16.6 Å². The number of aromatic carboxylic acids is 1. The number of allylic oxidation sites excluding steroid dienone is 1. The summed E-state index contributed by atoms with van der Waals surface area (Å²) in [6.07, 6.45) is 9.00. The summed E-state index contributed by atoms with van der Waals surface area (Å²) >= 11 is 0. The van der Waals surface area contributed by atoms with Crippen LogP contribution in [0.2, 0.25) is 0 Å². The Hall–Kier alpha value is -2.62. The Morgan fingerprint density at radius 1 is 1.28 bits per heavy atom. The van der Waals surface area contributed by atoms with Gasteiger partial charge >= 0.3 is 5.97 Å². The fourth-order valence-corrected chi connectivity index (χ4v) is 2.02. The molecule has 2 heterocycles. The summed E-state index contributed by atoms with van der Waals surface area (Å²) in [7, 11) is 0. The Labute approximate surface area is 103 Å². The lowest BCUT2D eigenvalue weighted by Crippen LogP contribution is -1.96. The van der Waals surface area contributed by atoms with Crippen LogP contribution in [0.1, 0.15) is 16.1 Å². The van der Waals surface area contributed by atoms with E-state index < -0.39 is 5.97 Å². The lowest BCUT2D eigenvalue weighted by Gasteiger charge is -2.03. The third-order valence-electron chi connectivity index (χ3n) is 2.86. The monoisotopic (exact) mass is 238 g/mol. The second-order valence-electron chi connectivity index (χ2n) is 3.97. The molecule has 2 aromatic rings. The molecule has 1 aromatic carbocycles. The molecular formula is C14H10N2O2. The van der Waals surface area contributed by atoms with E-state index in [1.54, 1.807) is 24.5 Å². The van der Waals surface area contributed by atoms with Crippen LogP contribution < -0.4 is 0 Å². The lowest BCUT2D eigenvalue weighted by molar-refractivity contribution is 0.0697. The number of hydrogen-bond acceptors (Lipinski definition) is 2. The third-order valence-corrected chi connectivity index (χ3v) is 2.86. The van der Waals surface area contributed by atoms with E-state index in [0.29, 0.717) is 0 Å². The van der Waals surface area contributed by atoms with Crippen molar-refractivity contribution in [1.29, 1.82) is 0 Å². The molecule has 0 unspecified atom stereocenters. The molecule has 88 valence electrons. The molecule has 0 saturated heterocycles. The van der Waals surface area contributed by atoms with Crippen LogP contribution in [-0.4, -0.2) is 21.9 Å². The van der Waals surface area contributed by atoms with Crippen molar-refractivity contribution in [3.63, 3.8) is 0 Å². The summed E-state index contributed by atoms with van der Waals surface area (Å²) in [6.45, 7) is 0. The first-order chi connectivity index (χ1) is 8.75. The van der Waals surface area contributed by atoms with Crippen LogP contribution in [0, 0.1) is 0 Å². The van der Waals surface area contributed by atoms with E-state index in [1.165, 1.54) is 0 Å². The summed E-state index contributed by atoms with van der Waals surface area (Å²) in [5.41, 5.74) is 2.14. The number of nitrogens with zero attached hydrogens (tertiary/aromatic N) is 2. The van der Waals surface area contributed by atoms with Crippen molar-refractivity contribution < 1.29 is 9.90 Å². The number of rotatable bonds is 1. The zero-order valence-corrected chi connectivity index (χ0v) is 9.45. The molecule has 0 radical (unpaired) electrons. The van der Waals surface area contributed by atoms with E-state index in [9.17, 15) is 4.79 Å². The summed E-state index contributed by atoms with van der Waals surface area (Å²) in [6, 6.07) is 7.12. The Balaban J connectivity index is 2.30. The molecule has 0 spiro atoms. The van der Waals surface area contributed by atoms with E-state index in [-0.39, 0.29) is 5.56 Å². The van der Waals surface area contributed by atoms with Crippen molar-refractivity contribution in [1.82, 2.24) is 4.57 Å². The highest BCUT2D eigenvalue weighted by Crippen LogP contribution is 2.23. The first-order valence-electron chi connectivity index (χ1n) is 5.50. The highest BCUT2D eigenvalue weighted by molar-refractivity contribution is 5.95. The molecule has 4 heteroatoms. The summed E-state index contributed by atoms with van der Waals surface area (Å²) in [5.74, 6) is -0.921. The second-order valence-corrected chi connectivity index (χ2v) is 3.97. The van der Waals surface area contributed by atoms with Crippen LogP contribution in [0.15, 0.2) is 41.5 Å². The van der Waals surface area contributed by atoms with Gasteiger partial charge in [0.1, 0.15) is 0 Å². The Bertz CT molecular complexity index is 721. The van der Waals surface area contributed by atoms with Crippen molar-refractivity contribution >= 4 is 35.4 Å². The average Bonchev–Trinajstić information content (AvgIpc) is 2.65. The van der Waals surface area contributed by atoms with Crippen LogP contribution in [0.3, 0.4) is 0 Å². The lowest BCUT2D eigenvalue weighted by atomic mass is 10.1. The van der Waals surface area contributed by atoms with Crippen molar-refractivity contribution in [2.45, 2.75) is 0 Å². The third kappa shape index (κ3) is 1.64. The molecule has 0 atom stereocenters. The number of hydrogen-bond donors (Lipinski definition) is 1. The standard InChI is InChI=1S/C14H10N2O2/c17-14(18)11-4-3-10-8-12-2-1-5-15-6-7-16(12)13(10)9-11/h1-9H,(H,17,18)/b2-1-,7-6-,15-5-. The van der Waals surface area contributed by atoms with Crippen LogP contribution in [0.5, 0.6) is 0 Å². The SMILES string of the molecule is O=C(O)c1ccc2cc3n(c2c1)\C=C/N=C\C=C/3. The van der Waals surface area contributed by atoms with Gasteiger partial charge < -0.3 is 9.67 Å². The fourth-order valence-electron chi connectivity index (χ4n) is 2.02. The van der Waals surface area contributed by atoms with Crippen molar-refractivity contribution in [3.05, 3.63) is 47.8 Å². The van der Waals surface area contributed by atoms with E-state index in [4.69, 9.17) is 5.11 Å². The van der Waals surface area contributed by atoms with Gasteiger partial charge in [-0.1, -0.05) is 6.07 Å². The molecule has 0 fully saturated rings. The molecule has 1 aliphatic rings. The van der Waals surface area contributed by atoms with Gasteiger partial charge in [0.25, 0.3) is 0 Å². The Morgan fingerprint density at radius 2 is 2.17 bits per heavy atom. The molecule has 0 amide bonds. The van der Waals surface area contributed by atoms with Crippen LogP contribution in [-0.2, 0) is 0 Å². The maximum Gasteiger partial charge on any atom is 0.335 e. The van der Waals surface area contributed by atoms with Gasteiger partial charge in [-0.25, -0.2) is 4.79 Å². The van der Waals surface area contributed by atoms with Gasteiger partial charge in [-0.15, -0.1) is 0 Å². The largest absolute Gasteiger partial charge is 0.478 e. The topological polar surface area (TPSA) is 54.6 Å². The molecule has 1 aromatic heterocycles. The van der Waals surface area contributed by atoms with Gasteiger partial charge in [-0.3, -0.25) is 4.99 Å². The van der Waals surface area contributed by atoms with Gasteiger partial charge in [0.15, 0.2) is 0 Å². The number of aliphatic imine (C=N–C) groups is 1. The Morgan fingerprint density at radius 3 is 3.00 bits per heavy atom. The normalized spacial score (nSPS) is 18.7. The van der Waals surface area contributed by atoms with Gasteiger partial charge in [0.05, 0.1) is 11.1 Å². The predicted octanol–water partition coefficient (Wildman–Crippen LogP) is 2.87. The summed E-state index contributed by atoms with van der Waals surface area (Å²) in [4.78, 5) is 15.0. The smallest absolute Gasteiger partial charge is 0.335 e. The fraction of sp³-hybridized carbons (Fsp3) is 0. The second kappa shape index (κ2) is 4.00. The summed E-state index contributed by atoms with van der Waals surface area (Å²) in [5, 5.41) is 10.0. The van der Waals surface area contributed by atoms with Crippen LogP contribution in [0.4, 0.5) is 0 Å². The molecule has 0 aliphatic carbocycles. The van der Waals surface area contributed by atoms with E-state index >= 15 is 0 Å². The minimum atomic E-state index is -0.921. The molecular weight excluding hydrogens is 228 g/mol. The van der Waals surface area contributed by atoms with E-state index in [2.05, 4.69) is 4.99 Å². The highest BCUT2D eigenvalue weighted by Gasteiger charge is 2.09. The quantitative estimate of drug-likeness (QED) is 0.830. The zero-order chi connectivity index (χ0) is 12.5. The van der Waals surface area contributed by atoms with Crippen molar-refractivity contribution in [3.8, 4) is 0 Å². The Kier molecular flexibility index (Phi) is 2.34. The van der Waals surface area contributed by atoms with Crippen molar-refractivity contribution in [2.75, 3.05) is 0 Å². The van der Waals surface area contributed by atoms with Gasteiger partial charge in [0.2, 0.25) is 0 Å². The van der Waals surface area contributed by atoms with Crippen LogP contribution >= 0.6 is 0 Å². The molecule has 1 aliphatic heterocycles. The van der Waals surface area contributed by atoms with Crippen molar-refractivity contribution in [2.24, 2.45) is 4.99 Å². The summed E-state index contributed by atoms with van der Waals surface area (Å²) < 4.78 is 1.93. The number of carbonyl (C=O) groups is 1. The maximum absolute atomic E-state index is 11.0. The predicted molar refractivity (Wildman–Crippen MR) is 71.8 cm³/mol. The molecule has 3 rings (SSSR count). The highest BCUT2D eigenvalue weighted by atomic mass is 16.4. The van der Waals surface area contributed by atoms with Crippen LogP contribution in [0.25, 0.3) is 23.2 Å². The van der Waals surface area contributed by atoms with E-state index in [1.807, 2.05) is 35.1 Å². The first-order valence-corrected chi connectivity index (χ1v) is 5.50. The minimum absolute atomic E-state index is 0.284. The number of carboxylic acid groups (broad SMARTS) is 1. The number of aromatic nitrogens is 1. The van der Waals surface area contributed by atoms with Gasteiger partial charge in [-0.05, 0) is 30.4 Å². The number of fused-ring (bicyclic) bond motifs is 3. The number of benzene rings is 1. The van der Waals surface area contributed by atoms with Gasteiger partial charge in [0, 0.05) is 29.7 Å². The minimum Gasteiger partial charge on any atom is -0.478 e. The molecule has 18 heavy (non-hydrogen) atoms. The maximum atomic E-state index is 11.0. The molecule has 0 saturated carbocycles. The molecule has 4 nitrogen and oxygen atoms in total. The molecule has 1 N–H and O–H groups in total. The molecule has 0 bridgehead atoms. The zero-order valence-electron chi connectivity index (χ0n) is 9.45. The average molecular weight is 238 g/mol. The van der Waals surface area contributed by atoms with Gasteiger partial charge in [-0.2, -0.15) is 0 Å². The first kappa shape index (κ1) is 10.5. The number of carboxylic acids is 1.